The second-order valence-electron chi connectivity index (χ2n) is 3.19. The molecule has 1 fully saturated rings. The van der Waals surface area contributed by atoms with Crippen molar-refractivity contribution in [1.29, 1.82) is 0 Å². The highest BCUT2D eigenvalue weighted by molar-refractivity contribution is 9.10. The van der Waals surface area contributed by atoms with E-state index in [0.717, 1.165) is 12.8 Å². The predicted molar refractivity (Wildman–Crippen MR) is 47.2 cm³/mol. The monoisotopic (exact) mass is 230 g/mol. The molecule has 12 heavy (non-hydrogen) atoms. The molecule has 1 nitrogen and oxygen atoms in total. The van der Waals surface area contributed by atoms with Gasteiger partial charge in [0.05, 0.1) is 5.60 Å². The number of hydrogen-bond acceptors (Lipinski definition) is 1. The number of hydrogen-bond donors (Lipinski definition) is 1. The van der Waals surface area contributed by atoms with Crippen molar-refractivity contribution in [1.82, 2.24) is 0 Å². The van der Waals surface area contributed by atoms with Crippen molar-refractivity contribution in [3.8, 4) is 0 Å². The van der Waals surface area contributed by atoms with E-state index >= 15 is 0 Å². The van der Waals surface area contributed by atoms with Gasteiger partial charge in [0.15, 0.2) is 0 Å². The van der Waals surface area contributed by atoms with Crippen molar-refractivity contribution in [2.24, 2.45) is 0 Å². The largest absolute Gasteiger partial charge is 0.385 e. The summed E-state index contributed by atoms with van der Waals surface area (Å²) in [6.45, 7) is 0. The van der Waals surface area contributed by atoms with Crippen LogP contribution in [0.2, 0.25) is 0 Å². The van der Waals surface area contributed by atoms with Crippen molar-refractivity contribution in [2.45, 2.75) is 18.4 Å². The minimum Gasteiger partial charge on any atom is -0.385 e. The van der Waals surface area contributed by atoms with Gasteiger partial charge in [0.1, 0.15) is 5.82 Å². The van der Waals surface area contributed by atoms with Gasteiger partial charge in [-0.05, 0) is 36.6 Å². The summed E-state index contributed by atoms with van der Waals surface area (Å²) in [5.74, 6) is -0.306. The van der Waals surface area contributed by atoms with Crippen LogP contribution in [0.3, 0.4) is 0 Å². The SMILES string of the molecule is OC1(c2cc(F)cc(Br)c2)CC1. The molecule has 1 aliphatic carbocycles. The van der Waals surface area contributed by atoms with Crippen molar-refractivity contribution in [2.75, 3.05) is 0 Å². The highest BCUT2D eigenvalue weighted by atomic mass is 79.9. The van der Waals surface area contributed by atoms with E-state index in [1.54, 1.807) is 6.07 Å². The summed E-state index contributed by atoms with van der Waals surface area (Å²) in [6.07, 6.45) is 1.48. The zero-order valence-electron chi connectivity index (χ0n) is 6.35. The Balaban J connectivity index is 2.44. The first kappa shape index (κ1) is 8.20. The zero-order chi connectivity index (χ0) is 8.77. The molecule has 1 aromatic carbocycles. The fourth-order valence-corrected chi connectivity index (χ4v) is 1.69. The molecule has 0 unspecified atom stereocenters. The maximum Gasteiger partial charge on any atom is 0.124 e. The molecular weight excluding hydrogens is 223 g/mol. The van der Waals surface area contributed by atoms with Crippen molar-refractivity contribution in [3.05, 3.63) is 34.1 Å². The van der Waals surface area contributed by atoms with E-state index in [2.05, 4.69) is 15.9 Å². The van der Waals surface area contributed by atoms with Gasteiger partial charge in [0.25, 0.3) is 0 Å². The lowest BCUT2D eigenvalue weighted by atomic mass is 10.1. The van der Waals surface area contributed by atoms with Crippen LogP contribution >= 0.6 is 15.9 Å². The molecule has 64 valence electrons. The van der Waals surface area contributed by atoms with E-state index in [0.29, 0.717) is 10.0 Å². The molecule has 1 saturated carbocycles. The van der Waals surface area contributed by atoms with Crippen molar-refractivity contribution >= 4 is 15.9 Å². The highest BCUT2D eigenvalue weighted by Crippen LogP contribution is 2.45. The number of aliphatic hydroxyl groups is 1. The van der Waals surface area contributed by atoms with Gasteiger partial charge in [0.2, 0.25) is 0 Å². The molecule has 0 heterocycles. The lowest BCUT2D eigenvalue weighted by Gasteiger charge is -2.07. The van der Waals surface area contributed by atoms with E-state index in [1.165, 1.54) is 12.1 Å². The summed E-state index contributed by atoms with van der Waals surface area (Å²) in [5, 5.41) is 9.66. The maximum absolute atomic E-state index is 12.8. The van der Waals surface area contributed by atoms with E-state index in [1.807, 2.05) is 0 Å². The van der Waals surface area contributed by atoms with Crippen LogP contribution in [0.5, 0.6) is 0 Å². The molecule has 1 aromatic rings. The zero-order valence-corrected chi connectivity index (χ0v) is 7.94. The van der Waals surface area contributed by atoms with Gasteiger partial charge in [-0.25, -0.2) is 4.39 Å². The number of rotatable bonds is 1. The molecule has 0 atom stereocenters. The first-order valence-electron chi connectivity index (χ1n) is 3.79. The Kier molecular flexibility index (Phi) is 1.73. The Morgan fingerprint density at radius 1 is 1.33 bits per heavy atom. The molecule has 3 heteroatoms. The first-order chi connectivity index (χ1) is 5.60. The van der Waals surface area contributed by atoms with Gasteiger partial charge < -0.3 is 5.11 Å². The second-order valence-corrected chi connectivity index (χ2v) is 4.11. The fourth-order valence-electron chi connectivity index (χ4n) is 1.23. The van der Waals surface area contributed by atoms with Crippen LogP contribution in [0.15, 0.2) is 22.7 Å². The lowest BCUT2D eigenvalue weighted by Crippen LogP contribution is -2.04. The lowest BCUT2D eigenvalue weighted by molar-refractivity contribution is 0.151. The molecular formula is C9H8BrFO. The van der Waals surface area contributed by atoms with E-state index in [4.69, 9.17) is 0 Å². The topological polar surface area (TPSA) is 20.2 Å². The summed E-state index contributed by atoms with van der Waals surface area (Å²) in [4.78, 5) is 0. The summed E-state index contributed by atoms with van der Waals surface area (Å²) >= 11 is 3.18. The van der Waals surface area contributed by atoms with Gasteiger partial charge in [-0.15, -0.1) is 0 Å². The predicted octanol–water partition coefficient (Wildman–Crippen LogP) is 2.57. The molecule has 2 rings (SSSR count). The van der Waals surface area contributed by atoms with Gasteiger partial charge in [0, 0.05) is 4.47 Å². The van der Waals surface area contributed by atoms with Crippen LogP contribution < -0.4 is 0 Å². The Morgan fingerprint density at radius 3 is 2.50 bits per heavy atom. The third kappa shape index (κ3) is 1.39. The average molecular weight is 231 g/mol. The normalized spacial score (nSPS) is 19.2. The Morgan fingerprint density at radius 2 is 2.00 bits per heavy atom. The van der Waals surface area contributed by atoms with Crippen molar-refractivity contribution in [3.63, 3.8) is 0 Å². The minimum atomic E-state index is -0.745. The molecule has 0 bridgehead atoms. The van der Waals surface area contributed by atoms with Crippen molar-refractivity contribution < 1.29 is 9.50 Å². The molecule has 0 radical (unpaired) electrons. The van der Waals surface area contributed by atoms with Crippen LogP contribution in [0.4, 0.5) is 4.39 Å². The molecule has 0 saturated heterocycles. The second kappa shape index (κ2) is 2.54. The Bertz CT molecular complexity index is 300. The number of benzene rings is 1. The van der Waals surface area contributed by atoms with Gasteiger partial charge >= 0.3 is 0 Å². The van der Waals surface area contributed by atoms with Gasteiger partial charge in [-0.1, -0.05) is 15.9 Å². The van der Waals surface area contributed by atoms with Crippen LogP contribution in [0.1, 0.15) is 18.4 Å². The van der Waals surface area contributed by atoms with Crippen LogP contribution in [0.25, 0.3) is 0 Å². The summed E-state index contributed by atoms with van der Waals surface area (Å²) in [5.41, 5.74) is -0.0701. The third-order valence-corrected chi connectivity index (χ3v) is 2.58. The highest BCUT2D eigenvalue weighted by Gasteiger charge is 2.42. The molecule has 1 aliphatic rings. The number of halogens is 2. The van der Waals surface area contributed by atoms with Crippen LogP contribution in [-0.2, 0) is 5.60 Å². The molecule has 0 aromatic heterocycles. The van der Waals surface area contributed by atoms with Crippen LogP contribution in [0, 0.1) is 5.82 Å². The van der Waals surface area contributed by atoms with Gasteiger partial charge in [-0.3, -0.25) is 0 Å². The molecule has 0 aliphatic heterocycles. The van der Waals surface area contributed by atoms with Gasteiger partial charge in [-0.2, -0.15) is 0 Å². The van der Waals surface area contributed by atoms with E-state index < -0.39 is 5.60 Å². The molecule has 0 amide bonds. The summed E-state index contributed by atoms with van der Waals surface area (Å²) < 4.78 is 13.5. The Labute approximate surface area is 78.3 Å². The smallest absolute Gasteiger partial charge is 0.124 e. The Hall–Kier alpha value is -0.410. The molecule has 1 N–H and O–H groups in total. The standard InChI is InChI=1S/C9H8BrFO/c10-7-3-6(4-8(11)5-7)9(12)1-2-9/h3-5,12H,1-2H2. The maximum atomic E-state index is 12.8. The molecule has 0 spiro atoms. The summed E-state index contributed by atoms with van der Waals surface area (Å²) in [6, 6.07) is 4.53. The quantitative estimate of drug-likeness (QED) is 0.787. The average Bonchev–Trinajstić information content (AvgIpc) is 2.67. The van der Waals surface area contributed by atoms with E-state index in [9.17, 15) is 9.50 Å². The third-order valence-electron chi connectivity index (χ3n) is 2.12. The van der Waals surface area contributed by atoms with E-state index in [-0.39, 0.29) is 5.82 Å². The summed E-state index contributed by atoms with van der Waals surface area (Å²) in [7, 11) is 0. The first-order valence-corrected chi connectivity index (χ1v) is 4.58. The van der Waals surface area contributed by atoms with Crippen LogP contribution in [-0.4, -0.2) is 5.11 Å². The fraction of sp³-hybridized carbons (Fsp3) is 0.333. The minimum absolute atomic E-state index is 0.306.